The van der Waals surface area contributed by atoms with Crippen LogP contribution < -0.4 is 5.73 Å². The van der Waals surface area contributed by atoms with Crippen LogP contribution >= 0.6 is 11.8 Å². The van der Waals surface area contributed by atoms with Crippen LogP contribution in [0.5, 0.6) is 0 Å². The first-order chi connectivity index (χ1) is 5.68. The maximum atomic E-state index is 10.2. The van der Waals surface area contributed by atoms with Gasteiger partial charge in [0.15, 0.2) is 0 Å². The second-order valence-corrected chi connectivity index (χ2v) is 3.48. The molecule has 0 aromatic heterocycles. The number of hydrogen-bond donors (Lipinski definition) is 2. The number of nitrogens with two attached hydrogens (primary N) is 1. The molecule has 68 valence electrons. The van der Waals surface area contributed by atoms with Crippen molar-refractivity contribution in [2.24, 2.45) is 5.73 Å². The Morgan fingerprint density at radius 2 is 2.42 bits per heavy atom. The minimum absolute atomic E-state index is 0.458. The van der Waals surface area contributed by atoms with Crippen LogP contribution in [-0.4, -0.2) is 28.6 Å². The van der Waals surface area contributed by atoms with Gasteiger partial charge in [-0.05, 0) is 12.2 Å². The lowest BCUT2D eigenvalue weighted by atomic mass is 10.4. The Balaban J connectivity index is 3.21. The molecule has 0 aliphatic heterocycles. The number of carboxylic acid groups (broad SMARTS) is 1. The summed E-state index contributed by atoms with van der Waals surface area (Å²) in [6, 6.07) is -0.749. The van der Waals surface area contributed by atoms with Gasteiger partial charge in [0.1, 0.15) is 6.04 Å². The molecule has 12 heavy (non-hydrogen) atoms. The summed E-state index contributed by atoms with van der Waals surface area (Å²) in [7, 11) is 0. The highest BCUT2D eigenvalue weighted by Gasteiger charge is 2.09. The van der Waals surface area contributed by atoms with E-state index >= 15 is 0 Å². The summed E-state index contributed by atoms with van der Waals surface area (Å²) in [6.45, 7) is 0. The summed E-state index contributed by atoms with van der Waals surface area (Å²) in [6.07, 6.45) is 6.71. The first kappa shape index (κ1) is 11.3. The van der Waals surface area contributed by atoms with Gasteiger partial charge in [-0.3, -0.25) is 4.79 Å². The number of terminal acetylenes is 1. The number of unbranched alkanes of at least 4 members (excludes halogenated alkanes) is 1. The number of hydrogen-bond acceptors (Lipinski definition) is 3. The van der Waals surface area contributed by atoms with E-state index in [1.54, 1.807) is 0 Å². The zero-order valence-electron chi connectivity index (χ0n) is 6.82. The average Bonchev–Trinajstić information content (AvgIpc) is 2.03. The Labute approximate surface area is 76.7 Å². The first-order valence-electron chi connectivity index (χ1n) is 3.68. The van der Waals surface area contributed by atoms with Crippen LogP contribution in [0.2, 0.25) is 0 Å². The summed E-state index contributed by atoms with van der Waals surface area (Å²) in [5.41, 5.74) is 5.27. The van der Waals surface area contributed by atoms with Gasteiger partial charge in [-0.2, -0.15) is 11.8 Å². The van der Waals surface area contributed by atoms with Gasteiger partial charge in [0.05, 0.1) is 0 Å². The maximum absolute atomic E-state index is 10.2. The lowest BCUT2D eigenvalue weighted by Gasteiger charge is -2.04. The summed E-state index contributed by atoms with van der Waals surface area (Å²) >= 11 is 1.53. The number of aliphatic carboxylic acids is 1. The van der Waals surface area contributed by atoms with Gasteiger partial charge >= 0.3 is 5.97 Å². The monoisotopic (exact) mass is 187 g/mol. The van der Waals surface area contributed by atoms with Crippen LogP contribution in [0.1, 0.15) is 12.8 Å². The molecule has 3 nitrogen and oxygen atoms in total. The zero-order valence-corrected chi connectivity index (χ0v) is 7.64. The second kappa shape index (κ2) is 7.01. The molecule has 0 aliphatic carbocycles. The molecule has 1 atom stereocenters. The third kappa shape index (κ3) is 6.08. The fraction of sp³-hybridized carbons (Fsp3) is 0.625. The van der Waals surface area contributed by atoms with Gasteiger partial charge in [-0.15, -0.1) is 12.3 Å². The maximum Gasteiger partial charge on any atom is 0.321 e. The molecule has 0 heterocycles. The van der Waals surface area contributed by atoms with Crippen LogP contribution in [0, 0.1) is 12.3 Å². The van der Waals surface area contributed by atoms with Gasteiger partial charge < -0.3 is 10.8 Å². The van der Waals surface area contributed by atoms with Crippen molar-refractivity contribution in [1.29, 1.82) is 0 Å². The van der Waals surface area contributed by atoms with Crippen molar-refractivity contribution in [2.45, 2.75) is 18.9 Å². The minimum atomic E-state index is -0.945. The topological polar surface area (TPSA) is 63.3 Å². The van der Waals surface area contributed by atoms with Crippen molar-refractivity contribution in [2.75, 3.05) is 11.5 Å². The van der Waals surface area contributed by atoms with Crippen molar-refractivity contribution in [3.63, 3.8) is 0 Å². The SMILES string of the molecule is C#CCCCSCC(N)C(=O)O. The number of rotatable bonds is 6. The quantitative estimate of drug-likeness (QED) is 0.470. The van der Waals surface area contributed by atoms with Crippen LogP contribution in [0.4, 0.5) is 0 Å². The van der Waals surface area contributed by atoms with Crippen LogP contribution in [0.15, 0.2) is 0 Å². The highest BCUT2D eigenvalue weighted by atomic mass is 32.2. The number of thioether (sulfide) groups is 1. The molecule has 0 radical (unpaired) electrons. The van der Waals surface area contributed by atoms with E-state index in [4.69, 9.17) is 17.3 Å². The molecule has 0 fully saturated rings. The van der Waals surface area contributed by atoms with E-state index in [0.29, 0.717) is 5.75 Å². The molecule has 1 unspecified atom stereocenters. The molecule has 0 amide bonds. The standard InChI is InChI=1S/C8H13NO2S/c1-2-3-4-5-12-6-7(9)8(10)11/h1,7H,3-6,9H2,(H,10,11). The summed E-state index contributed by atoms with van der Waals surface area (Å²) < 4.78 is 0. The highest BCUT2D eigenvalue weighted by molar-refractivity contribution is 7.99. The number of carboxylic acids is 1. The lowest BCUT2D eigenvalue weighted by Crippen LogP contribution is -2.32. The second-order valence-electron chi connectivity index (χ2n) is 2.33. The molecule has 3 N–H and O–H groups in total. The third-order valence-corrected chi connectivity index (χ3v) is 2.40. The van der Waals surface area contributed by atoms with Crippen molar-refractivity contribution < 1.29 is 9.90 Å². The molecule has 0 rings (SSSR count). The van der Waals surface area contributed by atoms with Crippen LogP contribution in [0.25, 0.3) is 0 Å². The normalized spacial score (nSPS) is 12.0. The molecule has 0 saturated carbocycles. The van der Waals surface area contributed by atoms with E-state index in [1.165, 1.54) is 11.8 Å². The van der Waals surface area contributed by atoms with Gasteiger partial charge in [-0.25, -0.2) is 0 Å². The molecule has 0 spiro atoms. The Kier molecular flexibility index (Phi) is 6.63. The van der Waals surface area contributed by atoms with E-state index in [0.717, 1.165) is 18.6 Å². The Hall–Kier alpha value is -0.660. The molecular formula is C8H13NO2S. The Morgan fingerprint density at radius 3 is 2.92 bits per heavy atom. The van der Waals surface area contributed by atoms with Crippen molar-refractivity contribution >= 4 is 17.7 Å². The Bertz CT molecular complexity index is 176. The molecule has 0 saturated heterocycles. The van der Waals surface area contributed by atoms with E-state index in [1.807, 2.05) is 0 Å². The average molecular weight is 187 g/mol. The molecule has 0 aliphatic rings. The number of carbonyl (C=O) groups is 1. The van der Waals surface area contributed by atoms with Gasteiger partial charge in [-0.1, -0.05) is 0 Å². The van der Waals surface area contributed by atoms with Gasteiger partial charge in [0.2, 0.25) is 0 Å². The molecule has 0 aromatic carbocycles. The van der Waals surface area contributed by atoms with Crippen LogP contribution in [-0.2, 0) is 4.79 Å². The largest absolute Gasteiger partial charge is 0.480 e. The molecular weight excluding hydrogens is 174 g/mol. The van der Waals surface area contributed by atoms with Crippen molar-refractivity contribution in [3.05, 3.63) is 0 Å². The molecule has 0 aromatic rings. The van der Waals surface area contributed by atoms with Crippen molar-refractivity contribution in [3.8, 4) is 12.3 Å². The van der Waals surface area contributed by atoms with Crippen LogP contribution in [0.3, 0.4) is 0 Å². The fourth-order valence-corrected chi connectivity index (χ4v) is 1.47. The van der Waals surface area contributed by atoms with E-state index in [9.17, 15) is 4.79 Å². The summed E-state index contributed by atoms with van der Waals surface area (Å²) in [5, 5.41) is 8.41. The van der Waals surface area contributed by atoms with E-state index in [-0.39, 0.29) is 0 Å². The predicted octanol–water partition coefficient (Wildman–Crippen LogP) is 0.545. The van der Waals surface area contributed by atoms with Gasteiger partial charge in [0, 0.05) is 12.2 Å². The van der Waals surface area contributed by atoms with E-state index in [2.05, 4.69) is 5.92 Å². The smallest absolute Gasteiger partial charge is 0.321 e. The Morgan fingerprint density at radius 1 is 1.75 bits per heavy atom. The van der Waals surface area contributed by atoms with E-state index < -0.39 is 12.0 Å². The molecule has 0 bridgehead atoms. The zero-order chi connectivity index (χ0) is 9.40. The van der Waals surface area contributed by atoms with Crippen molar-refractivity contribution in [1.82, 2.24) is 0 Å². The predicted molar refractivity (Wildman–Crippen MR) is 51.0 cm³/mol. The van der Waals surface area contributed by atoms with Gasteiger partial charge in [0.25, 0.3) is 0 Å². The first-order valence-corrected chi connectivity index (χ1v) is 4.83. The fourth-order valence-electron chi connectivity index (χ4n) is 0.558. The molecule has 4 heteroatoms. The lowest BCUT2D eigenvalue weighted by molar-refractivity contribution is -0.137. The third-order valence-electron chi connectivity index (χ3n) is 1.22. The highest BCUT2D eigenvalue weighted by Crippen LogP contribution is 2.05. The minimum Gasteiger partial charge on any atom is -0.480 e. The summed E-state index contributed by atoms with van der Waals surface area (Å²) in [5.74, 6) is 2.91. The summed E-state index contributed by atoms with van der Waals surface area (Å²) in [4.78, 5) is 10.2.